The molecular weight excluding hydrogens is 797 g/mol. The standard InChI is InChI=1S/C64H52N2/c1-63(2)56-33-16-15-32-54(56)60-55(44-22-9-4-10-23-44)41-53(42-57(60)63)66(51-29-13-6-14-30-51)59-35-19-26-47-39-49-37-36-48-38-46-25-18-34-58(61(46)64(48,49)62(47)59)65(50-27-11-5-12-28-50)52-31-17-24-45(40-52)43-20-7-3-8-21-43/h3-35,40-42,48-49H,36-39H2,1-2H3. The molecule has 1 fully saturated rings. The Hall–Kier alpha value is -7.42. The Labute approximate surface area is 389 Å². The van der Waals surface area contributed by atoms with Crippen molar-refractivity contribution >= 4 is 34.1 Å². The van der Waals surface area contributed by atoms with Crippen LogP contribution < -0.4 is 9.80 Å². The Morgan fingerprint density at radius 2 is 0.864 bits per heavy atom. The van der Waals surface area contributed by atoms with Gasteiger partial charge in [0.1, 0.15) is 0 Å². The summed E-state index contributed by atoms with van der Waals surface area (Å²) in [6.07, 6.45) is 4.65. The van der Waals surface area contributed by atoms with Gasteiger partial charge in [-0.05, 0) is 165 Å². The van der Waals surface area contributed by atoms with Crippen LogP contribution in [-0.4, -0.2) is 0 Å². The Balaban J connectivity index is 1.06. The molecule has 0 radical (unpaired) electrons. The van der Waals surface area contributed by atoms with Crippen molar-refractivity contribution < 1.29 is 0 Å². The molecule has 0 heterocycles. The summed E-state index contributed by atoms with van der Waals surface area (Å²) >= 11 is 0. The van der Waals surface area contributed by atoms with Crippen molar-refractivity contribution in [3.63, 3.8) is 0 Å². The van der Waals surface area contributed by atoms with Gasteiger partial charge in [-0.15, -0.1) is 0 Å². The highest BCUT2D eigenvalue weighted by Crippen LogP contribution is 2.69. The van der Waals surface area contributed by atoms with Crippen molar-refractivity contribution in [3.8, 4) is 33.4 Å². The van der Waals surface area contributed by atoms with E-state index in [1.165, 1.54) is 114 Å². The molecule has 1 spiro atoms. The smallest absolute Gasteiger partial charge is 0.0505 e. The highest BCUT2D eigenvalue weighted by Gasteiger charge is 2.62. The van der Waals surface area contributed by atoms with E-state index in [-0.39, 0.29) is 10.8 Å². The maximum atomic E-state index is 2.63. The van der Waals surface area contributed by atoms with Crippen LogP contribution in [0.25, 0.3) is 33.4 Å². The number of hydrogen-bond acceptors (Lipinski definition) is 2. The molecule has 13 rings (SSSR count). The molecule has 4 aliphatic carbocycles. The topological polar surface area (TPSA) is 6.48 Å². The largest absolute Gasteiger partial charge is 0.310 e. The van der Waals surface area contributed by atoms with Crippen LogP contribution in [0.1, 0.15) is 60.1 Å². The quantitative estimate of drug-likeness (QED) is 0.150. The lowest BCUT2D eigenvalue weighted by atomic mass is 9.68. The predicted molar refractivity (Wildman–Crippen MR) is 275 cm³/mol. The van der Waals surface area contributed by atoms with Gasteiger partial charge in [-0.3, -0.25) is 0 Å². The van der Waals surface area contributed by atoms with Crippen LogP contribution in [-0.2, 0) is 23.7 Å². The molecule has 318 valence electrons. The Bertz CT molecular complexity index is 3290. The Kier molecular flexibility index (Phi) is 8.90. The molecule has 3 unspecified atom stereocenters. The predicted octanol–water partition coefficient (Wildman–Crippen LogP) is 16.7. The van der Waals surface area contributed by atoms with Crippen molar-refractivity contribution in [1.82, 2.24) is 0 Å². The Morgan fingerprint density at radius 3 is 1.47 bits per heavy atom. The van der Waals surface area contributed by atoms with E-state index in [0.717, 1.165) is 12.8 Å². The normalized spacial score (nSPS) is 19.0. The summed E-state index contributed by atoms with van der Waals surface area (Å²) in [4.78, 5) is 5.20. The summed E-state index contributed by atoms with van der Waals surface area (Å²) < 4.78 is 0. The molecule has 0 aromatic heterocycles. The first-order valence-electron chi connectivity index (χ1n) is 23.9. The van der Waals surface area contributed by atoms with Crippen LogP contribution in [0.4, 0.5) is 34.1 Å². The van der Waals surface area contributed by atoms with Crippen LogP contribution in [0.3, 0.4) is 0 Å². The second-order valence-electron chi connectivity index (χ2n) is 19.6. The zero-order valence-corrected chi connectivity index (χ0v) is 37.7. The summed E-state index contributed by atoms with van der Waals surface area (Å²) in [6.45, 7) is 4.84. The second kappa shape index (κ2) is 15.1. The molecule has 66 heavy (non-hydrogen) atoms. The van der Waals surface area contributed by atoms with Gasteiger partial charge < -0.3 is 9.80 Å². The minimum atomic E-state index is -0.176. The lowest BCUT2D eigenvalue weighted by Crippen LogP contribution is -2.34. The van der Waals surface area contributed by atoms with E-state index in [9.17, 15) is 0 Å². The van der Waals surface area contributed by atoms with Gasteiger partial charge in [-0.25, -0.2) is 0 Å². The highest BCUT2D eigenvalue weighted by molar-refractivity contribution is 5.97. The number of para-hydroxylation sites is 2. The molecule has 0 bridgehead atoms. The minimum Gasteiger partial charge on any atom is -0.310 e. The number of anilines is 6. The fraction of sp³-hybridized carbons (Fsp3) is 0.156. The summed E-state index contributed by atoms with van der Waals surface area (Å²) in [7, 11) is 0. The van der Waals surface area contributed by atoms with Gasteiger partial charge in [0.2, 0.25) is 0 Å². The number of benzene rings is 9. The highest BCUT2D eigenvalue weighted by atomic mass is 15.2. The van der Waals surface area contributed by atoms with Crippen LogP contribution in [0, 0.1) is 11.8 Å². The summed E-state index contributed by atoms with van der Waals surface area (Å²) in [6, 6.07) is 81.9. The first kappa shape index (κ1) is 39.0. The van der Waals surface area contributed by atoms with Gasteiger partial charge in [0.05, 0.1) is 11.4 Å². The van der Waals surface area contributed by atoms with E-state index in [1.807, 2.05) is 0 Å². The molecule has 1 saturated carbocycles. The number of fused-ring (bicyclic) bond motifs is 5. The third-order valence-corrected chi connectivity index (χ3v) is 15.9. The lowest BCUT2D eigenvalue weighted by molar-refractivity contribution is 0.350. The summed E-state index contributed by atoms with van der Waals surface area (Å²) in [5, 5.41) is 0. The third-order valence-electron chi connectivity index (χ3n) is 15.9. The molecule has 0 N–H and O–H groups in total. The number of nitrogens with zero attached hydrogens (tertiary/aromatic N) is 2. The average Bonchev–Trinajstić information content (AvgIpc) is 4.07. The van der Waals surface area contributed by atoms with E-state index < -0.39 is 0 Å². The molecule has 0 aliphatic heterocycles. The van der Waals surface area contributed by atoms with Crippen molar-refractivity contribution in [1.29, 1.82) is 0 Å². The first-order valence-corrected chi connectivity index (χ1v) is 23.9. The van der Waals surface area contributed by atoms with Crippen molar-refractivity contribution in [2.24, 2.45) is 11.8 Å². The van der Waals surface area contributed by atoms with E-state index in [0.29, 0.717) is 11.8 Å². The van der Waals surface area contributed by atoms with Crippen molar-refractivity contribution in [2.45, 2.75) is 50.4 Å². The van der Waals surface area contributed by atoms with Gasteiger partial charge in [0.15, 0.2) is 0 Å². The summed E-state index contributed by atoms with van der Waals surface area (Å²) in [5.41, 5.74) is 23.5. The van der Waals surface area contributed by atoms with E-state index in [2.05, 4.69) is 242 Å². The van der Waals surface area contributed by atoms with E-state index >= 15 is 0 Å². The van der Waals surface area contributed by atoms with Gasteiger partial charge in [0.25, 0.3) is 0 Å². The molecule has 0 amide bonds. The zero-order valence-electron chi connectivity index (χ0n) is 37.7. The monoisotopic (exact) mass is 848 g/mol. The van der Waals surface area contributed by atoms with Crippen molar-refractivity contribution in [3.05, 3.63) is 252 Å². The van der Waals surface area contributed by atoms with Gasteiger partial charge in [-0.1, -0.05) is 172 Å². The zero-order chi connectivity index (χ0) is 44.0. The van der Waals surface area contributed by atoms with Crippen LogP contribution in [0.15, 0.2) is 218 Å². The molecule has 4 aliphatic rings. The van der Waals surface area contributed by atoms with Crippen LogP contribution in [0.5, 0.6) is 0 Å². The van der Waals surface area contributed by atoms with Crippen LogP contribution in [0.2, 0.25) is 0 Å². The molecular formula is C64H52N2. The second-order valence-corrected chi connectivity index (χ2v) is 19.6. The lowest BCUT2D eigenvalue weighted by Gasteiger charge is -2.40. The molecule has 2 heteroatoms. The van der Waals surface area contributed by atoms with Gasteiger partial charge >= 0.3 is 0 Å². The molecule has 2 nitrogen and oxygen atoms in total. The van der Waals surface area contributed by atoms with Gasteiger partial charge in [0, 0.05) is 33.6 Å². The SMILES string of the molecule is CC1(C)c2ccccc2-c2c(-c3ccccc3)cc(N(c3ccccc3)c3cccc4c3C35c6c(cccc6N(c6ccccc6)c6cccc(-c7ccccc7)c6)CC3CCC5C4)cc21. The number of rotatable bonds is 8. The van der Waals surface area contributed by atoms with Crippen LogP contribution >= 0.6 is 0 Å². The molecule has 0 saturated heterocycles. The number of hydrogen-bond donors (Lipinski definition) is 0. The Morgan fingerprint density at radius 1 is 0.379 bits per heavy atom. The maximum Gasteiger partial charge on any atom is 0.0505 e. The van der Waals surface area contributed by atoms with Gasteiger partial charge in [-0.2, -0.15) is 0 Å². The first-order chi connectivity index (χ1) is 32.5. The molecule has 9 aromatic carbocycles. The fourth-order valence-electron chi connectivity index (χ4n) is 13.3. The summed E-state index contributed by atoms with van der Waals surface area (Å²) in [5.74, 6) is 1.00. The van der Waals surface area contributed by atoms with E-state index in [1.54, 1.807) is 0 Å². The van der Waals surface area contributed by atoms with Crippen molar-refractivity contribution in [2.75, 3.05) is 9.80 Å². The maximum absolute atomic E-state index is 2.63. The fourth-order valence-corrected chi connectivity index (χ4v) is 13.3. The van der Waals surface area contributed by atoms with E-state index in [4.69, 9.17) is 0 Å². The molecule has 3 atom stereocenters. The minimum absolute atomic E-state index is 0.163. The average molecular weight is 849 g/mol. The molecule has 9 aromatic rings. The third kappa shape index (κ3) is 5.73.